The lowest BCUT2D eigenvalue weighted by Gasteiger charge is -2.06. The summed E-state index contributed by atoms with van der Waals surface area (Å²) in [6, 6.07) is 8.81. The lowest BCUT2D eigenvalue weighted by Crippen LogP contribution is -2.17. The second kappa shape index (κ2) is 7.55. The van der Waals surface area contributed by atoms with Gasteiger partial charge < -0.3 is 10.5 Å². The van der Waals surface area contributed by atoms with Gasteiger partial charge in [0.25, 0.3) is 11.6 Å². The number of hydrazone groups is 1. The number of hydrogen-bond acceptors (Lipinski definition) is 6. The van der Waals surface area contributed by atoms with Crippen molar-refractivity contribution in [3.63, 3.8) is 0 Å². The van der Waals surface area contributed by atoms with E-state index in [0.29, 0.717) is 27.0 Å². The van der Waals surface area contributed by atoms with Crippen molar-refractivity contribution in [1.29, 1.82) is 0 Å². The Bertz CT molecular complexity index is 823. The quantitative estimate of drug-likeness (QED) is 0.350. The highest BCUT2D eigenvalue weighted by Gasteiger charge is 2.10. The molecule has 0 saturated carbocycles. The van der Waals surface area contributed by atoms with Gasteiger partial charge in [0.05, 0.1) is 23.9 Å². The minimum atomic E-state index is -0.511. The topological polar surface area (TPSA) is 120 Å². The van der Waals surface area contributed by atoms with Gasteiger partial charge in [-0.25, -0.2) is 5.43 Å². The van der Waals surface area contributed by atoms with E-state index in [1.165, 1.54) is 43.7 Å². The predicted molar refractivity (Wildman–Crippen MR) is 93.3 cm³/mol. The van der Waals surface area contributed by atoms with E-state index in [0.717, 1.165) is 0 Å². The third kappa shape index (κ3) is 4.07. The van der Waals surface area contributed by atoms with Crippen molar-refractivity contribution in [3.05, 3.63) is 62.1 Å². The Kier molecular flexibility index (Phi) is 5.48. The number of halogens is 1. The molecule has 0 spiro atoms. The van der Waals surface area contributed by atoms with Crippen molar-refractivity contribution < 1.29 is 14.5 Å². The summed E-state index contributed by atoms with van der Waals surface area (Å²) in [5, 5.41) is 14.6. The van der Waals surface area contributed by atoms with E-state index >= 15 is 0 Å². The molecule has 2 aromatic rings. The maximum absolute atomic E-state index is 12.0. The molecule has 8 nitrogen and oxygen atoms in total. The molecule has 0 aliphatic rings. The number of rotatable bonds is 5. The minimum absolute atomic E-state index is 0.0748. The van der Waals surface area contributed by atoms with Crippen LogP contribution in [0.25, 0.3) is 0 Å². The number of hydrogen-bond donors (Lipinski definition) is 2. The zero-order chi connectivity index (χ0) is 17.7. The first kappa shape index (κ1) is 17.4. The first-order chi connectivity index (χ1) is 11.4. The Labute approximate surface area is 145 Å². The summed E-state index contributed by atoms with van der Waals surface area (Å²) in [5.41, 5.74) is 9.14. The number of amides is 1. The van der Waals surface area contributed by atoms with Gasteiger partial charge in [0.15, 0.2) is 0 Å². The van der Waals surface area contributed by atoms with Gasteiger partial charge in [-0.05, 0) is 24.3 Å². The molecule has 3 N–H and O–H groups in total. The molecule has 0 unspecified atom stereocenters. The molecule has 0 aromatic heterocycles. The Morgan fingerprint density at radius 2 is 2.12 bits per heavy atom. The molecule has 2 aromatic carbocycles. The van der Waals surface area contributed by atoms with Crippen LogP contribution in [0.15, 0.2) is 46.0 Å². The SMILES string of the molecule is COc1cc(C(=O)N/N=C/c2cc([N+](=O)[O-])ccc2Br)ccc1N. The molecule has 0 saturated heterocycles. The van der Waals surface area contributed by atoms with E-state index in [1.807, 2.05) is 0 Å². The maximum Gasteiger partial charge on any atom is 0.271 e. The van der Waals surface area contributed by atoms with E-state index in [9.17, 15) is 14.9 Å². The van der Waals surface area contributed by atoms with E-state index in [4.69, 9.17) is 10.5 Å². The van der Waals surface area contributed by atoms with Crippen LogP contribution >= 0.6 is 15.9 Å². The molecule has 0 fully saturated rings. The number of anilines is 1. The first-order valence-electron chi connectivity index (χ1n) is 6.63. The summed E-state index contributed by atoms with van der Waals surface area (Å²) in [6.07, 6.45) is 1.31. The predicted octanol–water partition coefficient (Wildman–Crippen LogP) is 2.71. The molecule has 0 aliphatic carbocycles. The van der Waals surface area contributed by atoms with Crippen LogP contribution < -0.4 is 15.9 Å². The number of methoxy groups -OCH3 is 1. The molecule has 9 heteroatoms. The van der Waals surface area contributed by atoms with Crippen LogP contribution in [-0.2, 0) is 0 Å². The summed E-state index contributed by atoms with van der Waals surface area (Å²) < 4.78 is 5.66. The summed E-state index contributed by atoms with van der Waals surface area (Å²) in [4.78, 5) is 22.3. The zero-order valence-electron chi connectivity index (χ0n) is 12.5. The highest BCUT2D eigenvalue weighted by atomic mass is 79.9. The van der Waals surface area contributed by atoms with Gasteiger partial charge in [-0.3, -0.25) is 14.9 Å². The fourth-order valence-electron chi connectivity index (χ4n) is 1.82. The average Bonchev–Trinajstić information content (AvgIpc) is 2.56. The molecule has 1 amide bonds. The van der Waals surface area contributed by atoms with E-state index in [2.05, 4.69) is 26.5 Å². The number of carbonyl (C=O) groups excluding carboxylic acids is 1. The number of nitrogens with one attached hydrogen (secondary N) is 1. The van der Waals surface area contributed by atoms with E-state index < -0.39 is 10.8 Å². The lowest BCUT2D eigenvalue weighted by molar-refractivity contribution is -0.384. The number of nitro benzene ring substituents is 1. The number of benzene rings is 2. The van der Waals surface area contributed by atoms with Gasteiger partial charge in [-0.15, -0.1) is 0 Å². The average molecular weight is 393 g/mol. The van der Waals surface area contributed by atoms with Crippen molar-refractivity contribution >= 4 is 39.4 Å². The Balaban J connectivity index is 2.13. The molecular formula is C15H13BrN4O4. The second-order valence-electron chi connectivity index (χ2n) is 4.62. The van der Waals surface area contributed by atoms with E-state index in [1.54, 1.807) is 6.07 Å². The molecule has 0 aliphatic heterocycles. The highest BCUT2D eigenvalue weighted by molar-refractivity contribution is 9.10. The Morgan fingerprint density at radius 3 is 2.79 bits per heavy atom. The van der Waals surface area contributed by atoms with Gasteiger partial charge >= 0.3 is 0 Å². The molecule has 24 heavy (non-hydrogen) atoms. The Hall–Kier alpha value is -2.94. The van der Waals surface area contributed by atoms with Gasteiger partial charge in [0, 0.05) is 27.7 Å². The second-order valence-corrected chi connectivity index (χ2v) is 5.47. The third-order valence-corrected chi connectivity index (χ3v) is 3.78. The van der Waals surface area contributed by atoms with Crippen LogP contribution in [0.1, 0.15) is 15.9 Å². The summed E-state index contributed by atoms with van der Waals surface area (Å²) in [5.74, 6) is -0.0841. The number of nitrogen functional groups attached to an aromatic ring is 1. The van der Waals surface area contributed by atoms with Gasteiger partial charge in [-0.1, -0.05) is 15.9 Å². The van der Waals surface area contributed by atoms with Crippen LogP contribution in [0.2, 0.25) is 0 Å². The van der Waals surface area contributed by atoms with Gasteiger partial charge in [0.2, 0.25) is 0 Å². The molecule has 124 valence electrons. The van der Waals surface area contributed by atoms with Crippen molar-refractivity contribution in [2.75, 3.05) is 12.8 Å². The molecule has 2 rings (SSSR count). The molecular weight excluding hydrogens is 380 g/mol. The van der Waals surface area contributed by atoms with Crippen LogP contribution in [-0.4, -0.2) is 24.2 Å². The maximum atomic E-state index is 12.0. The first-order valence-corrected chi connectivity index (χ1v) is 7.42. The summed E-state index contributed by atoms with van der Waals surface area (Å²) >= 11 is 3.26. The molecule has 0 heterocycles. The number of ether oxygens (including phenoxy) is 1. The minimum Gasteiger partial charge on any atom is -0.495 e. The number of non-ortho nitro benzene ring substituents is 1. The van der Waals surface area contributed by atoms with Crippen LogP contribution in [0.4, 0.5) is 11.4 Å². The van der Waals surface area contributed by atoms with Crippen molar-refractivity contribution in [2.24, 2.45) is 5.10 Å². The van der Waals surface area contributed by atoms with E-state index in [-0.39, 0.29) is 5.69 Å². The normalized spacial score (nSPS) is 10.6. The Morgan fingerprint density at radius 1 is 1.38 bits per heavy atom. The zero-order valence-corrected chi connectivity index (χ0v) is 14.1. The van der Waals surface area contributed by atoms with Crippen molar-refractivity contribution in [2.45, 2.75) is 0 Å². The highest BCUT2D eigenvalue weighted by Crippen LogP contribution is 2.22. The van der Waals surface area contributed by atoms with Crippen molar-refractivity contribution in [3.8, 4) is 5.75 Å². The number of nitrogens with zero attached hydrogens (tertiary/aromatic N) is 2. The molecule has 0 atom stereocenters. The number of carbonyl (C=O) groups is 1. The van der Waals surface area contributed by atoms with Crippen LogP contribution in [0, 0.1) is 10.1 Å². The monoisotopic (exact) mass is 392 g/mol. The fourth-order valence-corrected chi connectivity index (χ4v) is 2.17. The lowest BCUT2D eigenvalue weighted by atomic mass is 10.2. The number of nitrogens with two attached hydrogens (primary N) is 1. The van der Waals surface area contributed by atoms with Crippen molar-refractivity contribution in [1.82, 2.24) is 5.43 Å². The third-order valence-electron chi connectivity index (χ3n) is 3.06. The smallest absolute Gasteiger partial charge is 0.271 e. The summed E-state index contributed by atoms with van der Waals surface area (Å²) in [7, 11) is 1.45. The largest absolute Gasteiger partial charge is 0.495 e. The van der Waals surface area contributed by atoms with Crippen LogP contribution in [0.5, 0.6) is 5.75 Å². The number of nitro groups is 1. The molecule has 0 bridgehead atoms. The fraction of sp³-hybridized carbons (Fsp3) is 0.0667. The standard InChI is InChI=1S/C15H13BrN4O4/c1-24-14-7-9(2-5-13(14)17)15(21)19-18-8-10-6-11(20(22)23)3-4-12(10)16/h2-8H,17H2,1H3,(H,19,21)/b18-8+. The molecule has 0 radical (unpaired) electrons. The van der Waals surface area contributed by atoms with Gasteiger partial charge in [-0.2, -0.15) is 5.10 Å². The summed E-state index contributed by atoms with van der Waals surface area (Å²) in [6.45, 7) is 0. The van der Waals surface area contributed by atoms with Gasteiger partial charge in [0.1, 0.15) is 5.75 Å². The van der Waals surface area contributed by atoms with Crippen LogP contribution in [0.3, 0.4) is 0 Å².